The number of allylic oxidation sites excluding steroid dienone is 6. The van der Waals surface area contributed by atoms with E-state index >= 15 is 0 Å². The van der Waals surface area contributed by atoms with Gasteiger partial charge in [0.2, 0.25) is 0 Å². The second-order valence-corrected chi connectivity index (χ2v) is 11.2. The number of nitrogens with zero attached hydrogens (tertiary/aromatic N) is 2. The fraction of sp³-hybridized carbons (Fsp3) is 0.500. The third kappa shape index (κ3) is 13.1. The predicted octanol–water partition coefficient (Wildman–Crippen LogP) is 5.10. The quantitative estimate of drug-likeness (QED) is 0.410. The van der Waals surface area contributed by atoms with E-state index in [0.29, 0.717) is 25.7 Å². The van der Waals surface area contributed by atoms with Gasteiger partial charge in [-0.2, -0.15) is 0 Å². The van der Waals surface area contributed by atoms with Gasteiger partial charge in [-0.05, 0) is 60.7 Å². The third-order valence-corrected chi connectivity index (χ3v) is 6.75. The Balaban J connectivity index is 2.25. The molecular weight excluding hydrogens is 498 g/mol. The summed E-state index contributed by atoms with van der Waals surface area (Å²) in [6.07, 6.45) is 15.0. The maximum Gasteiger partial charge on any atom is 0.331 e. The monoisotopic (exact) mass is 541 g/mol. The standard InChI is InChI=1S/C30H43N3O4S/c1-21(14-15-33(5)6)10-11-23(3)17-27-19-28-32-26(20-38-28)13-12-25(31)18-30(35)36-24(4)16-22(2)8-7-9-29(34)37-27/h7-11,14,17,20,24-25,27H,12-13,15-16,18-19,31H2,1-6H3/b9-7-,11-10+,21-14+,22-8+,23-17+. The molecule has 208 valence electrons. The number of fused-ring (bicyclic) bond motifs is 2. The van der Waals surface area contributed by atoms with E-state index in [1.807, 2.05) is 58.5 Å². The van der Waals surface area contributed by atoms with Crippen LogP contribution in [0.25, 0.3) is 0 Å². The van der Waals surface area contributed by atoms with Gasteiger partial charge in [0.05, 0.1) is 17.1 Å². The molecule has 8 heteroatoms. The zero-order valence-electron chi connectivity index (χ0n) is 23.6. The van der Waals surface area contributed by atoms with Crippen LogP contribution in [0.3, 0.4) is 0 Å². The Morgan fingerprint density at radius 3 is 2.63 bits per heavy atom. The molecule has 0 amide bonds. The van der Waals surface area contributed by atoms with Crippen molar-refractivity contribution in [1.29, 1.82) is 0 Å². The van der Waals surface area contributed by atoms with Crippen molar-refractivity contribution < 1.29 is 19.1 Å². The van der Waals surface area contributed by atoms with Crippen molar-refractivity contribution in [2.24, 2.45) is 5.73 Å². The Labute approximate surface area is 231 Å². The fourth-order valence-corrected chi connectivity index (χ4v) is 4.71. The van der Waals surface area contributed by atoms with E-state index < -0.39 is 12.1 Å². The number of hydrogen-bond acceptors (Lipinski definition) is 8. The topological polar surface area (TPSA) is 94.8 Å². The minimum atomic E-state index is -0.456. The van der Waals surface area contributed by atoms with Crippen LogP contribution in [0.4, 0.5) is 0 Å². The fourth-order valence-electron chi connectivity index (χ4n) is 3.83. The maximum atomic E-state index is 12.6. The van der Waals surface area contributed by atoms with Gasteiger partial charge in [0.25, 0.3) is 0 Å². The van der Waals surface area contributed by atoms with E-state index in [2.05, 4.69) is 24.0 Å². The highest BCUT2D eigenvalue weighted by Gasteiger charge is 2.17. The highest BCUT2D eigenvalue weighted by molar-refractivity contribution is 7.09. The first-order chi connectivity index (χ1) is 18.0. The van der Waals surface area contributed by atoms with Gasteiger partial charge in [-0.3, -0.25) is 4.79 Å². The summed E-state index contributed by atoms with van der Waals surface area (Å²) in [5.41, 5.74) is 10.3. The van der Waals surface area contributed by atoms with Crippen LogP contribution in [0.5, 0.6) is 0 Å². The van der Waals surface area contributed by atoms with Gasteiger partial charge >= 0.3 is 11.9 Å². The van der Waals surface area contributed by atoms with Crippen LogP contribution in [0.15, 0.2) is 64.6 Å². The predicted molar refractivity (Wildman–Crippen MR) is 155 cm³/mol. The number of esters is 2. The van der Waals surface area contributed by atoms with E-state index in [9.17, 15) is 9.59 Å². The Hall–Kier alpha value is -2.81. The molecule has 1 aliphatic heterocycles. The molecule has 2 rings (SSSR count). The number of thiazole rings is 1. The van der Waals surface area contributed by atoms with Gasteiger partial charge in [-0.25, -0.2) is 9.78 Å². The largest absolute Gasteiger partial charge is 0.462 e. The molecule has 3 unspecified atom stereocenters. The van der Waals surface area contributed by atoms with Crippen LogP contribution in [0.1, 0.15) is 57.7 Å². The van der Waals surface area contributed by atoms with Crippen LogP contribution in [0.2, 0.25) is 0 Å². The van der Waals surface area contributed by atoms with Gasteiger partial charge in [-0.15, -0.1) is 11.3 Å². The summed E-state index contributed by atoms with van der Waals surface area (Å²) in [7, 11) is 4.07. The van der Waals surface area contributed by atoms with Crippen molar-refractivity contribution in [2.75, 3.05) is 20.6 Å². The number of ether oxygens (including phenoxy) is 2. The zero-order chi connectivity index (χ0) is 28.1. The highest BCUT2D eigenvalue weighted by Crippen LogP contribution is 2.18. The number of rotatable bonds is 5. The molecule has 1 aromatic heterocycles. The van der Waals surface area contributed by atoms with Crippen molar-refractivity contribution in [3.8, 4) is 0 Å². The number of nitrogens with two attached hydrogens (primary N) is 1. The first kappa shape index (κ1) is 31.4. The van der Waals surface area contributed by atoms with E-state index in [4.69, 9.17) is 20.2 Å². The second-order valence-electron chi connectivity index (χ2n) is 10.2. The number of aromatic nitrogens is 1. The molecule has 2 heterocycles. The molecule has 1 aromatic rings. The zero-order valence-corrected chi connectivity index (χ0v) is 24.4. The third-order valence-electron chi connectivity index (χ3n) is 5.83. The molecule has 38 heavy (non-hydrogen) atoms. The summed E-state index contributed by atoms with van der Waals surface area (Å²) in [5, 5.41) is 2.88. The number of aryl methyl sites for hydroxylation is 1. The second kappa shape index (κ2) is 16.2. The molecule has 3 atom stereocenters. The average molecular weight is 542 g/mol. The summed E-state index contributed by atoms with van der Waals surface area (Å²) < 4.78 is 11.3. The molecule has 0 aliphatic carbocycles. The van der Waals surface area contributed by atoms with Crippen molar-refractivity contribution >= 4 is 23.3 Å². The molecule has 1 aliphatic rings. The van der Waals surface area contributed by atoms with Crippen molar-refractivity contribution in [3.63, 3.8) is 0 Å². The molecule has 7 nitrogen and oxygen atoms in total. The lowest BCUT2D eigenvalue weighted by atomic mass is 10.1. The highest BCUT2D eigenvalue weighted by atomic mass is 32.1. The maximum absolute atomic E-state index is 12.6. The van der Waals surface area contributed by atoms with E-state index in [0.717, 1.165) is 28.4 Å². The normalized spacial score (nSPS) is 25.7. The van der Waals surface area contributed by atoms with E-state index in [-0.39, 0.29) is 24.5 Å². The molecule has 2 N–H and O–H groups in total. The van der Waals surface area contributed by atoms with Gasteiger partial charge in [-0.1, -0.05) is 47.1 Å². The lowest BCUT2D eigenvalue weighted by molar-refractivity contribution is -0.148. The van der Waals surface area contributed by atoms with Crippen LogP contribution in [-0.4, -0.2) is 60.7 Å². The van der Waals surface area contributed by atoms with Gasteiger partial charge in [0.1, 0.15) is 12.2 Å². The summed E-state index contributed by atoms with van der Waals surface area (Å²) in [6, 6.07) is -0.289. The number of likely N-dealkylation sites (N-methyl/N-ethyl adjacent to an activating group) is 1. The van der Waals surface area contributed by atoms with Crippen LogP contribution >= 0.6 is 11.3 Å². The Morgan fingerprint density at radius 2 is 1.89 bits per heavy atom. The number of carbonyl (C=O) groups is 2. The number of carbonyl (C=O) groups excluding carboxylic acids is 2. The van der Waals surface area contributed by atoms with Crippen LogP contribution in [-0.2, 0) is 31.9 Å². The Kier molecular flexibility index (Phi) is 13.4. The van der Waals surface area contributed by atoms with Gasteiger partial charge in [0, 0.05) is 36.9 Å². The summed E-state index contributed by atoms with van der Waals surface area (Å²) in [5.74, 6) is -0.717. The molecule has 0 saturated carbocycles. The minimum Gasteiger partial charge on any atom is -0.462 e. The van der Waals surface area contributed by atoms with Crippen molar-refractivity contribution in [2.45, 2.75) is 78.0 Å². The Morgan fingerprint density at radius 1 is 1.16 bits per heavy atom. The Bertz CT molecular complexity index is 1080. The molecule has 0 radical (unpaired) electrons. The molecule has 0 spiro atoms. The molecule has 0 fully saturated rings. The summed E-state index contributed by atoms with van der Waals surface area (Å²) >= 11 is 1.54. The van der Waals surface area contributed by atoms with E-state index in [1.54, 1.807) is 6.08 Å². The molecule has 0 aromatic carbocycles. The van der Waals surface area contributed by atoms with E-state index in [1.165, 1.54) is 23.0 Å². The van der Waals surface area contributed by atoms with Gasteiger partial charge < -0.3 is 20.1 Å². The first-order valence-electron chi connectivity index (χ1n) is 13.1. The van der Waals surface area contributed by atoms with Crippen LogP contribution in [0, 0.1) is 0 Å². The molecule has 2 bridgehead atoms. The first-order valence-corrected chi connectivity index (χ1v) is 14.0. The average Bonchev–Trinajstić information content (AvgIpc) is 3.26. The lowest BCUT2D eigenvalue weighted by Gasteiger charge is -2.15. The lowest BCUT2D eigenvalue weighted by Crippen LogP contribution is -2.27. The van der Waals surface area contributed by atoms with Crippen LogP contribution < -0.4 is 5.73 Å². The smallest absolute Gasteiger partial charge is 0.331 e. The minimum absolute atomic E-state index is 0.176. The number of cyclic esters (lactones) is 2. The van der Waals surface area contributed by atoms with Crippen molar-refractivity contribution in [1.82, 2.24) is 9.88 Å². The van der Waals surface area contributed by atoms with Gasteiger partial charge in [0.15, 0.2) is 0 Å². The summed E-state index contributed by atoms with van der Waals surface area (Å²) in [6.45, 7) is 8.73. The molecule has 0 saturated heterocycles. The number of hydrogen-bond donors (Lipinski definition) is 1. The summed E-state index contributed by atoms with van der Waals surface area (Å²) in [4.78, 5) is 31.7. The molecular formula is C30H43N3O4S. The SMILES string of the molecule is CC(/C=C/C(C)=C/C1Cc2nc(cs2)CCC(N)CC(=O)OC(C)C/C(C)=C/C=C\C(=O)O1)=C\CN(C)C. The van der Waals surface area contributed by atoms with Crippen molar-refractivity contribution in [3.05, 3.63) is 75.3 Å².